The van der Waals surface area contributed by atoms with Crippen LogP contribution in [0, 0.1) is 0 Å². The molecule has 1 aliphatic carbocycles. The van der Waals surface area contributed by atoms with Crippen molar-refractivity contribution >= 4 is 5.91 Å². The Labute approximate surface area is 106 Å². The van der Waals surface area contributed by atoms with Gasteiger partial charge in [-0.15, -0.1) is 0 Å². The number of aromatic amines is 1. The molecule has 1 N–H and O–H groups in total. The molecular weight excluding hydrogens is 232 g/mol. The number of amides is 1. The van der Waals surface area contributed by atoms with E-state index in [9.17, 15) is 9.59 Å². The van der Waals surface area contributed by atoms with E-state index >= 15 is 0 Å². The molecule has 2 rings (SSSR count). The number of hydrogen-bond donors (Lipinski definition) is 1. The first-order valence-corrected chi connectivity index (χ1v) is 6.20. The number of nitrogens with zero attached hydrogens (tertiary/aromatic N) is 3. The van der Waals surface area contributed by atoms with Gasteiger partial charge >= 0.3 is 5.69 Å². The Morgan fingerprint density at radius 1 is 1.44 bits per heavy atom. The lowest BCUT2D eigenvalue weighted by Gasteiger charge is -2.21. The molecule has 0 aromatic carbocycles. The van der Waals surface area contributed by atoms with Crippen molar-refractivity contribution in [1.82, 2.24) is 19.4 Å². The monoisotopic (exact) mass is 252 g/mol. The summed E-state index contributed by atoms with van der Waals surface area (Å²) >= 11 is 0. The maximum atomic E-state index is 12.0. The van der Waals surface area contributed by atoms with Crippen LogP contribution in [0.1, 0.15) is 23.3 Å². The van der Waals surface area contributed by atoms with Crippen molar-refractivity contribution in [2.75, 3.05) is 27.2 Å². The Balaban J connectivity index is 1.89. The first-order valence-electron chi connectivity index (χ1n) is 6.20. The predicted octanol–water partition coefficient (Wildman–Crippen LogP) is -0.120. The number of aryl methyl sites for hydroxylation is 1. The molecule has 1 heterocycles. The van der Waals surface area contributed by atoms with E-state index in [2.05, 4.69) is 16.9 Å². The predicted molar refractivity (Wildman–Crippen MR) is 68.6 cm³/mol. The number of nitrogens with one attached hydrogen (secondary N) is 1. The molecule has 0 radical (unpaired) electrons. The second-order valence-electron chi connectivity index (χ2n) is 5.02. The van der Waals surface area contributed by atoms with Crippen LogP contribution in [-0.4, -0.2) is 58.5 Å². The highest BCUT2D eigenvalue weighted by Gasteiger charge is 2.26. The van der Waals surface area contributed by atoms with E-state index in [1.807, 2.05) is 0 Å². The summed E-state index contributed by atoms with van der Waals surface area (Å²) in [5.74, 6) is -0.142. The molecule has 0 aliphatic heterocycles. The quantitative estimate of drug-likeness (QED) is 0.794. The SMILES string of the molecule is CN(CCN(C)C1CC1)C(=O)c1cn(C)c(=O)[nH]1. The number of imidazole rings is 1. The highest BCUT2D eigenvalue weighted by molar-refractivity contribution is 5.91. The maximum absolute atomic E-state index is 12.0. The number of rotatable bonds is 5. The molecule has 6 nitrogen and oxygen atoms in total. The van der Waals surface area contributed by atoms with Gasteiger partial charge in [-0.05, 0) is 19.9 Å². The van der Waals surface area contributed by atoms with Gasteiger partial charge in [0.25, 0.3) is 5.91 Å². The van der Waals surface area contributed by atoms with Gasteiger partial charge in [0.2, 0.25) is 0 Å². The lowest BCUT2D eigenvalue weighted by atomic mass is 10.4. The fourth-order valence-corrected chi connectivity index (χ4v) is 1.91. The van der Waals surface area contributed by atoms with Crippen LogP contribution in [0.3, 0.4) is 0 Å². The lowest BCUT2D eigenvalue weighted by Crippen LogP contribution is -2.35. The summed E-state index contributed by atoms with van der Waals surface area (Å²) in [6, 6.07) is 0.699. The Morgan fingerprint density at radius 3 is 2.61 bits per heavy atom. The topological polar surface area (TPSA) is 61.3 Å². The van der Waals surface area contributed by atoms with E-state index in [1.54, 1.807) is 19.0 Å². The fourth-order valence-electron chi connectivity index (χ4n) is 1.91. The maximum Gasteiger partial charge on any atom is 0.325 e. The van der Waals surface area contributed by atoms with Crippen LogP contribution >= 0.6 is 0 Å². The number of carbonyl (C=O) groups is 1. The highest BCUT2D eigenvalue weighted by Crippen LogP contribution is 2.24. The largest absolute Gasteiger partial charge is 0.339 e. The number of H-pyrrole nitrogens is 1. The molecular formula is C12H20N4O2. The minimum atomic E-state index is -0.262. The number of aromatic nitrogens is 2. The number of carbonyl (C=O) groups excluding carboxylic acids is 1. The zero-order chi connectivity index (χ0) is 13.3. The van der Waals surface area contributed by atoms with Crippen LogP contribution in [0.4, 0.5) is 0 Å². The van der Waals surface area contributed by atoms with Crippen molar-refractivity contribution < 1.29 is 4.79 Å². The van der Waals surface area contributed by atoms with E-state index in [4.69, 9.17) is 0 Å². The second-order valence-corrected chi connectivity index (χ2v) is 5.02. The van der Waals surface area contributed by atoms with E-state index in [-0.39, 0.29) is 11.6 Å². The van der Waals surface area contributed by atoms with Gasteiger partial charge in [-0.3, -0.25) is 4.79 Å². The van der Waals surface area contributed by atoms with Crippen LogP contribution < -0.4 is 5.69 Å². The smallest absolute Gasteiger partial charge is 0.325 e. The molecule has 100 valence electrons. The standard InChI is InChI=1S/C12H20N4O2/c1-14(9-4-5-9)6-7-15(2)11(17)10-8-16(3)12(18)13-10/h8-9H,4-7H2,1-3H3,(H,13,18). The molecule has 18 heavy (non-hydrogen) atoms. The van der Waals surface area contributed by atoms with Gasteiger partial charge in [0.05, 0.1) is 0 Å². The van der Waals surface area contributed by atoms with E-state index in [0.717, 1.165) is 6.54 Å². The van der Waals surface area contributed by atoms with Crippen LogP contribution in [0.2, 0.25) is 0 Å². The summed E-state index contributed by atoms with van der Waals surface area (Å²) < 4.78 is 1.37. The summed E-state index contributed by atoms with van der Waals surface area (Å²) in [6.07, 6.45) is 4.06. The molecule has 1 saturated carbocycles. The van der Waals surface area contributed by atoms with Crippen molar-refractivity contribution in [3.8, 4) is 0 Å². The molecule has 1 aromatic heterocycles. The summed E-state index contributed by atoms with van der Waals surface area (Å²) in [5, 5.41) is 0. The fraction of sp³-hybridized carbons (Fsp3) is 0.667. The summed E-state index contributed by atoms with van der Waals surface area (Å²) in [4.78, 5) is 29.8. The Morgan fingerprint density at radius 2 is 2.11 bits per heavy atom. The van der Waals surface area contributed by atoms with Crippen molar-refractivity contribution in [3.05, 3.63) is 22.4 Å². The Kier molecular flexibility index (Phi) is 3.56. The van der Waals surface area contributed by atoms with Crippen LogP contribution in [0.5, 0.6) is 0 Å². The molecule has 1 aliphatic rings. The highest BCUT2D eigenvalue weighted by atomic mass is 16.2. The zero-order valence-corrected chi connectivity index (χ0v) is 11.1. The normalized spacial score (nSPS) is 15.1. The molecule has 0 atom stereocenters. The second kappa shape index (κ2) is 4.97. The third kappa shape index (κ3) is 2.81. The van der Waals surface area contributed by atoms with Crippen molar-refractivity contribution in [2.24, 2.45) is 7.05 Å². The third-order valence-corrected chi connectivity index (χ3v) is 3.42. The summed E-state index contributed by atoms with van der Waals surface area (Å²) in [6.45, 7) is 1.53. The number of likely N-dealkylation sites (N-methyl/N-ethyl adjacent to an activating group) is 2. The van der Waals surface area contributed by atoms with Crippen molar-refractivity contribution in [1.29, 1.82) is 0 Å². The average Bonchev–Trinajstić information content (AvgIpc) is 3.13. The van der Waals surface area contributed by atoms with Gasteiger partial charge in [-0.25, -0.2) is 4.79 Å². The van der Waals surface area contributed by atoms with Gasteiger partial charge in [-0.2, -0.15) is 0 Å². The van der Waals surface area contributed by atoms with Gasteiger partial charge in [0, 0.05) is 39.4 Å². The molecule has 0 unspecified atom stereocenters. The summed E-state index contributed by atoms with van der Waals surface area (Å²) in [5.41, 5.74) is 0.0842. The molecule has 1 aromatic rings. The van der Waals surface area contributed by atoms with Gasteiger partial charge in [0.1, 0.15) is 5.69 Å². The number of hydrogen-bond acceptors (Lipinski definition) is 3. The molecule has 6 heteroatoms. The first kappa shape index (κ1) is 12.9. The summed E-state index contributed by atoms with van der Waals surface area (Å²) in [7, 11) is 5.46. The van der Waals surface area contributed by atoms with Gasteiger partial charge in [-0.1, -0.05) is 0 Å². The molecule has 1 amide bonds. The Hall–Kier alpha value is -1.56. The lowest BCUT2D eigenvalue weighted by molar-refractivity contribution is 0.0776. The van der Waals surface area contributed by atoms with Crippen LogP contribution in [0.15, 0.2) is 11.0 Å². The van der Waals surface area contributed by atoms with Crippen LogP contribution in [0.25, 0.3) is 0 Å². The van der Waals surface area contributed by atoms with Gasteiger partial charge in [0.15, 0.2) is 0 Å². The third-order valence-electron chi connectivity index (χ3n) is 3.42. The molecule has 0 bridgehead atoms. The Bertz CT molecular complexity index is 487. The van der Waals surface area contributed by atoms with Crippen LogP contribution in [-0.2, 0) is 7.05 Å². The molecule has 0 saturated heterocycles. The van der Waals surface area contributed by atoms with E-state index in [0.29, 0.717) is 18.3 Å². The van der Waals surface area contributed by atoms with Crippen molar-refractivity contribution in [2.45, 2.75) is 18.9 Å². The minimum absolute atomic E-state index is 0.142. The minimum Gasteiger partial charge on any atom is -0.339 e. The van der Waals surface area contributed by atoms with Crippen molar-refractivity contribution in [3.63, 3.8) is 0 Å². The molecule has 0 spiro atoms. The molecule has 1 fully saturated rings. The average molecular weight is 252 g/mol. The first-order chi connectivity index (χ1) is 8.49. The zero-order valence-electron chi connectivity index (χ0n) is 11.1. The van der Waals surface area contributed by atoms with Gasteiger partial charge < -0.3 is 19.4 Å². The van der Waals surface area contributed by atoms with E-state index < -0.39 is 0 Å². The van der Waals surface area contributed by atoms with E-state index in [1.165, 1.54) is 23.6 Å².